The topological polar surface area (TPSA) is 12.0 Å². The van der Waals surface area contributed by atoms with E-state index >= 15 is 0 Å². The van der Waals surface area contributed by atoms with Crippen LogP contribution in [-0.4, -0.2) is 7.05 Å². The predicted octanol–water partition coefficient (Wildman–Crippen LogP) is 4.18. The molecule has 1 aliphatic rings. The van der Waals surface area contributed by atoms with Gasteiger partial charge in [0, 0.05) is 0 Å². The van der Waals surface area contributed by atoms with Crippen molar-refractivity contribution in [2.24, 2.45) is 0 Å². The molecule has 1 aliphatic carbocycles. The molecule has 0 heterocycles. The van der Waals surface area contributed by atoms with Crippen molar-refractivity contribution < 1.29 is 0 Å². The highest BCUT2D eigenvalue weighted by Crippen LogP contribution is 2.29. The van der Waals surface area contributed by atoms with Crippen molar-refractivity contribution in [2.45, 2.75) is 38.6 Å². The summed E-state index contributed by atoms with van der Waals surface area (Å²) in [6, 6.07) is 16.0. The largest absolute Gasteiger partial charge is 0.309 e. The van der Waals surface area contributed by atoms with Crippen LogP contribution in [0.3, 0.4) is 0 Å². The molecule has 1 atom stereocenters. The zero-order valence-corrected chi connectivity index (χ0v) is 12.4. The average Bonchev–Trinajstić information content (AvgIpc) is 2.50. The third kappa shape index (κ3) is 2.51. The molecule has 0 amide bonds. The van der Waals surface area contributed by atoms with Crippen LogP contribution in [0.1, 0.15) is 46.7 Å². The summed E-state index contributed by atoms with van der Waals surface area (Å²) in [5.74, 6) is 0. The summed E-state index contributed by atoms with van der Waals surface area (Å²) in [6.07, 6.45) is 5.18. The van der Waals surface area contributed by atoms with Crippen LogP contribution in [0.5, 0.6) is 0 Å². The minimum Gasteiger partial charge on any atom is -0.309 e. The Bertz CT molecular complexity index is 600. The van der Waals surface area contributed by atoms with Crippen molar-refractivity contribution in [3.05, 3.63) is 70.3 Å². The predicted molar refractivity (Wildman–Crippen MR) is 85.2 cm³/mol. The van der Waals surface area contributed by atoms with Gasteiger partial charge in [0.05, 0.1) is 6.04 Å². The van der Waals surface area contributed by atoms with Gasteiger partial charge in [-0.15, -0.1) is 0 Å². The molecule has 3 rings (SSSR count). The molecule has 0 radical (unpaired) electrons. The molecule has 1 nitrogen and oxygen atoms in total. The van der Waals surface area contributed by atoms with Crippen LogP contribution in [0.15, 0.2) is 42.5 Å². The van der Waals surface area contributed by atoms with E-state index in [1.165, 1.54) is 42.4 Å². The Kier molecular flexibility index (Phi) is 3.88. The summed E-state index contributed by atoms with van der Waals surface area (Å²) in [7, 11) is 2.05. The molecule has 2 aromatic carbocycles. The standard InChI is InChI=1S/C19H23N/c1-14-7-3-6-10-18(14)19(20-2)17-12-11-15-8-4-5-9-16(15)13-17/h3,6-7,10-13,19-20H,4-5,8-9H2,1-2H3. The van der Waals surface area contributed by atoms with E-state index in [9.17, 15) is 0 Å². The summed E-state index contributed by atoms with van der Waals surface area (Å²) in [4.78, 5) is 0. The van der Waals surface area contributed by atoms with Gasteiger partial charge in [-0.3, -0.25) is 0 Å². The first-order chi connectivity index (χ1) is 9.79. The third-order valence-electron chi connectivity index (χ3n) is 4.49. The number of fused-ring (bicyclic) bond motifs is 1. The maximum Gasteiger partial charge on any atom is 0.0576 e. The maximum absolute atomic E-state index is 3.48. The maximum atomic E-state index is 3.48. The number of benzene rings is 2. The molecule has 0 spiro atoms. The molecule has 0 bridgehead atoms. The Morgan fingerprint density at radius 1 is 0.950 bits per heavy atom. The van der Waals surface area contributed by atoms with Crippen molar-refractivity contribution >= 4 is 0 Å². The number of rotatable bonds is 3. The highest BCUT2D eigenvalue weighted by atomic mass is 14.9. The Morgan fingerprint density at radius 3 is 2.45 bits per heavy atom. The van der Waals surface area contributed by atoms with E-state index in [0.29, 0.717) is 6.04 Å². The molecule has 0 aromatic heterocycles. The molecule has 0 saturated heterocycles. The summed E-state index contributed by atoms with van der Waals surface area (Å²) in [5, 5.41) is 3.48. The minimum absolute atomic E-state index is 0.295. The highest BCUT2D eigenvalue weighted by Gasteiger charge is 2.16. The Balaban J connectivity index is 1.99. The van der Waals surface area contributed by atoms with Gasteiger partial charge < -0.3 is 5.32 Å². The molecule has 0 fully saturated rings. The second-order valence-electron chi connectivity index (χ2n) is 5.81. The normalized spacial score (nSPS) is 15.7. The lowest BCUT2D eigenvalue weighted by atomic mass is 9.87. The van der Waals surface area contributed by atoms with Crippen LogP contribution in [0.4, 0.5) is 0 Å². The van der Waals surface area contributed by atoms with E-state index < -0.39 is 0 Å². The first kappa shape index (κ1) is 13.4. The van der Waals surface area contributed by atoms with Gasteiger partial charge in [0.1, 0.15) is 0 Å². The summed E-state index contributed by atoms with van der Waals surface area (Å²) < 4.78 is 0. The molecule has 1 heteroatoms. The molecule has 1 unspecified atom stereocenters. The Morgan fingerprint density at radius 2 is 1.70 bits per heavy atom. The van der Waals surface area contributed by atoms with Crippen molar-refractivity contribution in [3.8, 4) is 0 Å². The van der Waals surface area contributed by atoms with Gasteiger partial charge in [0.25, 0.3) is 0 Å². The average molecular weight is 265 g/mol. The number of nitrogens with one attached hydrogen (secondary N) is 1. The lowest BCUT2D eigenvalue weighted by Gasteiger charge is -2.23. The van der Waals surface area contributed by atoms with E-state index in [1.54, 1.807) is 11.1 Å². The van der Waals surface area contributed by atoms with Gasteiger partial charge in [-0.25, -0.2) is 0 Å². The fraction of sp³-hybridized carbons (Fsp3) is 0.368. The van der Waals surface area contributed by atoms with Crippen LogP contribution >= 0.6 is 0 Å². The van der Waals surface area contributed by atoms with Crippen LogP contribution < -0.4 is 5.32 Å². The second-order valence-corrected chi connectivity index (χ2v) is 5.81. The molecular weight excluding hydrogens is 242 g/mol. The fourth-order valence-electron chi connectivity index (χ4n) is 3.35. The zero-order chi connectivity index (χ0) is 13.9. The van der Waals surface area contributed by atoms with Crippen molar-refractivity contribution in [1.82, 2.24) is 5.32 Å². The van der Waals surface area contributed by atoms with E-state index in [-0.39, 0.29) is 0 Å². The van der Waals surface area contributed by atoms with Crippen LogP contribution in [0, 0.1) is 6.92 Å². The van der Waals surface area contributed by atoms with Crippen molar-refractivity contribution in [2.75, 3.05) is 7.05 Å². The Labute approximate surface area is 122 Å². The summed E-state index contributed by atoms with van der Waals surface area (Å²) in [6.45, 7) is 2.19. The van der Waals surface area contributed by atoms with E-state index in [1.807, 2.05) is 0 Å². The first-order valence-electron chi connectivity index (χ1n) is 7.64. The van der Waals surface area contributed by atoms with Gasteiger partial charge in [-0.05, 0) is 67.5 Å². The van der Waals surface area contributed by atoms with Gasteiger partial charge in [-0.2, -0.15) is 0 Å². The molecular formula is C19H23N. The number of hydrogen-bond donors (Lipinski definition) is 1. The van der Waals surface area contributed by atoms with Crippen LogP contribution in [0.2, 0.25) is 0 Å². The fourth-order valence-corrected chi connectivity index (χ4v) is 3.35. The molecule has 0 aliphatic heterocycles. The monoisotopic (exact) mass is 265 g/mol. The second kappa shape index (κ2) is 5.80. The first-order valence-corrected chi connectivity index (χ1v) is 7.64. The van der Waals surface area contributed by atoms with Gasteiger partial charge in [-0.1, -0.05) is 42.5 Å². The smallest absolute Gasteiger partial charge is 0.0576 e. The summed E-state index contributed by atoms with van der Waals surface area (Å²) >= 11 is 0. The van der Waals surface area contributed by atoms with Crippen molar-refractivity contribution in [3.63, 3.8) is 0 Å². The lowest BCUT2D eigenvalue weighted by Crippen LogP contribution is -2.19. The molecule has 20 heavy (non-hydrogen) atoms. The third-order valence-corrected chi connectivity index (χ3v) is 4.49. The van der Waals surface area contributed by atoms with Crippen molar-refractivity contribution in [1.29, 1.82) is 0 Å². The molecule has 0 saturated carbocycles. The molecule has 1 N–H and O–H groups in total. The SMILES string of the molecule is CNC(c1ccc2c(c1)CCCC2)c1ccccc1C. The molecule has 2 aromatic rings. The highest BCUT2D eigenvalue weighted by molar-refractivity contribution is 5.41. The van der Waals surface area contributed by atoms with E-state index in [2.05, 4.69) is 61.8 Å². The van der Waals surface area contributed by atoms with Crippen LogP contribution in [0.25, 0.3) is 0 Å². The summed E-state index contributed by atoms with van der Waals surface area (Å²) in [5.41, 5.74) is 7.24. The van der Waals surface area contributed by atoms with Gasteiger partial charge >= 0.3 is 0 Å². The Hall–Kier alpha value is -1.60. The van der Waals surface area contributed by atoms with Gasteiger partial charge in [0.2, 0.25) is 0 Å². The quantitative estimate of drug-likeness (QED) is 0.877. The lowest BCUT2D eigenvalue weighted by molar-refractivity contribution is 0.666. The number of aryl methyl sites for hydroxylation is 3. The van der Waals surface area contributed by atoms with Gasteiger partial charge in [0.15, 0.2) is 0 Å². The van der Waals surface area contributed by atoms with Crippen LogP contribution in [-0.2, 0) is 12.8 Å². The number of hydrogen-bond acceptors (Lipinski definition) is 1. The minimum atomic E-state index is 0.295. The molecule has 104 valence electrons. The van der Waals surface area contributed by atoms with E-state index in [0.717, 1.165) is 0 Å². The van der Waals surface area contributed by atoms with E-state index in [4.69, 9.17) is 0 Å². The zero-order valence-electron chi connectivity index (χ0n) is 12.4.